The Bertz CT molecular complexity index is 465. The maximum absolute atomic E-state index is 3.79. The van der Waals surface area contributed by atoms with Crippen molar-refractivity contribution in [1.82, 2.24) is 0 Å². The molecule has 2 rings (SSSR count). The lowest BCUT2D eigenvalue weighted by molar-refractivity contribution is 0.782. The van der Waals surface area contributed by atoms with Gasteiger partial charge in [-0.3, -0.25) is 0 Å². The minimum Gasteiger partial charge on any atom is -0.103 e. The molecular weight excluding hydrogens is 204 g/mol. The highest BCUT2D eigenvalue weighted by molar-refractivity contribution is 5.63. The summed E-state index contributed by atoms with van der Waals surface area (Å²) in [4.78, 5) is 0. The molecule has 0 saturated carbocycles. The summed E-state index contributed by atoms with van der Waals surface area (Å²) in [6.07, 6.45) is 3.01. The van der Waals surface area contributed by atoms with E-state index in [4.69, 9.17) is 0 Å². The van der Waals surface area contributed by atoms with Crippen LogP contribution < -0.4 is 0 Å². The van der Waals surface area contributed by atoms with Crippen LogP contribution in [0.2, 0.25) is 0 Å². The molecular formula is C17H18. The van der Waals surface area contributed by atoms with E-state index in [2.05, 4.69) is 62.0 Å². The van der Waals surface area contributed by atoms with Crippen LogP contribution in [0.25, 0.3) is 11.1 Å². The van der Waals surface area contributed by atoms with Gasteiger partial charge in [-0.25, -0.2) is 0 Å². The second kappa shape index (κ2) is 5.49. The van der Waals surface area contributed by atoms with Crippen molar-refractivity contribution in [3.05, 3.63) is 72.8 Å². The van der Waals surface area contributed by atoms with Crippen LogP contribution in [-0.2, 0) is 0 Å². The molecule has 0 unspecified atom stereocenters. The van der Waals surface area contributed by atoms with Gasteiger partial charge in [-0.05, 0) is 29.0 Å². The Hall–Kier alpha value is -1.82. The molecule has 2 aromatic rings. The Kier molecular flexibility index (Phi) is 3.77. The Morgan fingerprint density at radius 2 is 1.53 bits per heavy atom. The molecule has 0 fully saturated rings. The molecule has 1 atom stereocenters. The average molecular weight is 222 g/mol. The third-order valence-corrected chi connectivity index (χ3v) is 3.11. The first kappa shape index (κ1) is 11.7. The maximum Gasteiger partial charge on any atom is -0.0156 e. The van der Waals surface area contributed by atoms with E-state index in [1.54, 1.807) is 0 Å². The van der Waals surface area contributed by atoms with Crippen LogP contribution in [0, 0.1) is 0 Å². The lowest BCUT2D eigenvalue weighted by Gasteiger charge is -2.10. The van der Waals surface area contributed by atoms with Crippen LogP contribution >= 0.6 is 0 Å². The van der Waals surface area contributed by atoms with Crippen molar-refractivity contribution >= 4 is 0 Å². The topological polar surface area (TPSA) is 0 Å². The summed E-state index contributed by atoms with van der Waals surface area (Å²) in [5.41, 5.74) is 3.93. The second-order valence-corrected chi connectivity index (χ2v) is 4.41. The number of hydrogen-bond donors (Lipinski definition) is 0. The van der Waals surface area contributed by atoms with Gasteiger partial charge in [-0.2, -0.15) is 0 Å². The fraction of sp³-hybridized carbons (Fsp3) is 0.176. The number of benzene rings is 2. The molecule has 0 heterocycles. The summed E-state index contributed by atoms with van der Waals surface area (Å²) in [6.45, 7) is 6.03. The molecule has 0 aliphatic carbocycles. The van der Waals surface area contributed by atoms with Crippen molar-refractivity contribution in [2.45, 2.75) is 19.3 Å². The lowest BCUT2D eigenvalue weighted by Crippen LogP contribution is -1.91. The molecule has 0 aliphatic heterocycles. The summed E-state index contributed by atoms with van der Waals surface area (Å²) >= 11 is 0. The van der Waals surface area contributed by atoms with Crippen molar-refractivity contribution in [3.8, 4) is 11.1 Å². The minimum absolute atomic E-state index is 0.553. The maximum atomic E-state index is 3.79. The van der Waals surface area contributed by atoms with Gasteiger partial charge in [0.15, 0.2) is 0 Å². The average Bonchev–Trinajstić information content (AvgIpc) is 2.40. The normalized spacial score (nSPS) is 12.1. The fourth-order valence-corrected chi connectivity index (χ4v) is 2.02. The molecule has 0 aromatic heterocycles. The molecule has 2 aromatic carbocycles. The van der Waals surface area contributed by atoms with Gasteiger partial charge < -0.3 is 0 Å². The van der Waals surface area contributed by atoms with E-state index in [9.17, 15) is 0 Å². The molecule has 0 heteroatoms. The molecule has 0 N–H and O–H groups in total. The molecule has 0 bridgehead atoms. The van der Waals surface area contributed by atoms with Gasteiger partial charge in [-0.1, -0.05) is 67.6 Å². The smallest absolute Gasteiger partial charge is 0.0156 e. The van der Waals surface area contributed by atoms with Gasteiger partial charge in [-0.15, -0.1) is 6.58 Å². The van der Waals surface area contributed by atoms with Crippen molar-refractivity contribution in [3.63, 3.8) is 0 Å². The highest BCUT2D eigenvalue weighted by atomic mass is 14.1. The monoisotopic (exact) mass is 222 g/mol. The minimum atomic E-state index is 0.553. The first-order chi connectivity index (χ1) is 8.31. The van der Waals surface area contributed by atoms with Crippen LogP contribution in [0.1, 0.15) is 24.8 Å². The Labute approximate surface area is 104 Å². The first-order valence-electron chi connectivity index (χ1n) is 6.07. The fourth-order valence-electron chi connectivity index (χ4n) is 2.02. The first-order valence-corrected chi connectivity index (χ1v) is 6.07. The molecule has 0 saturated heterocycles. The molecule has 0 amide bonds. The van der Waals surface area contributed by atoms with Gasteiger partial charge in [0.25, 0.3) is 0 Å². The Balaban J connectivity index is 2.21. The van der Waals surface area contributed by atoms with Crippen LogP contribution in [0.15, 0.2) is 67.3 Å². The summed E-state index contributed by atoms with van der Waals surface area (Å²) in [6, 6.07) is 19.3. The third-order valence-electron chi connectivity index (χ3n) is 3.11. The predicted molar refractivity (Wildman–Crippen MR) is 75.1 cm³/mol. The molecule has 86 valence electrons. The van der Waals surface area contributed by atoms with Crippen LogP contribution in [0.5, 0.6) is 0 Å². The molecule has 0 aliphatic rings. The van der Waals surface area contributed by atoms with Crippen LogP contribution in [-0.4, -0.2) is 0 Å². The Morgan fingerprint density at radius 3 is 2.12 bits per heavy atom. The second-order valence-electron chi connectivity index (χ2n) is 4.41. The number of rotatable bonds is 4. The summed E-state index contributed by atoms with van der Waals surface area (Å²) in [5.74, 6) is 0.553. The van der Waals surface area contributed by atoms with Crippen LogP contribution in [0.4, 0.5) is 0 Å². The van der Waals surface area contributed by atoms with E-state index in [0.29, 0.717) is 5.92 Å². The lowest BCUT2D eigenvalue weighted by atomic mass is 9.95. The van der Waals surface area contributed by atoms with Gasteiger partial charge in [0.2, 0.25) is 0 Å². The zero-order valence-corrected chi connectivity index (χ0v) is 10.3. The summed E-state index contributed by atoms with van der Waals surface area (Å²) in [7, 11) is 0. The Morgan fingerprint density at radius 1 is 0.941 bits per heavy atom. The SMILES string of the molecule is C=CC[C@@H](C)c1ccc(-c2ccccc2)cc1. The van der Waals surface area contributed by atoms with Crippen molar-refractivity contribution in [2.75, 3.05) is 0 Å². The van der Waals surface area contributed by atoms with E-state index in [1.807, 2.05) is 12.1 Å². The highest BCUT2D eigenvalue weighted by Crippen LogP contribution is 2.24. The van der Waals surface area contributed by atoms with E-state index < -0.39 is 0 Å². The summed E-state index contributed by atoms with van der Waals surface area (Å²) in [5, 5.41) is 0. The van der Waals surface area contributed by atoms with E-state index in [1.165, 1.54) is 16.7 Å². The zero-order valence-electron chi connectivity index (χ0n) is 10.3. The standard InChI is InChI=1S/C17H18/c1-3-7-14(2)15-10-12-17(13-11-15)16-8-5-4-6-9-16/h3-6,8-14H,1,7H2,2H3/t14-/m1/s1. The quantitative estimate of drug-likeness (QED) is 0.636. The van der Waals surface area contributed by atoms with E-state index >= 15 is 0 Å². The van der Waals surface area contributed by atoms with Crippen molar-refractivity contribution in [1.29, 1.82) is 0 Å². The largest absolute Gasteiger partial charge is 0.103 e. The van der Waals surface area contributed by atoms with Gasteiger partial charge in [0.1, 0.15) is 0 Å². The van der Waals surface area contributed by atoms with Crippen molar-refractivity contribution in [2.24, 2.45) is 0 Å². The van der Waals surface area contributed by atoms with E-state index in [0.717, 1.165) is 6.42 Å². The zero-order chi connectivity index (χ0) is 12.1. The molecule has 0 spiro atoms. The van der Waals surface area contributed by atoms with E-state index in [-0.39, 0.29) is 0 Å². The van der Waals surface area contributed by atoms with Gasteiger partial charge in [0.05, 0.1) is 0 Å². The molecule has 0 nitrogen and oxygen atoms in total. The molecule has 0 radical (unpaired) electrons. The number of hydrogen-bond acceptors (Lipinski definition) is 0. The predicted octanol–water partition coefficient (Wildman–Crippen LogP) is 5.03. The number of allylic oxidation sites excluding steroid dienone is 1. The van der Waals surface area contributed by atoms with Gasteiger partial charge >= 0.3 is 0 Å². The highest BCUT2D eigenvalue weighted by Gasteiger charge is 2.03. The third kappa shape index (κ3) is 2.85. The van der Waals surface area contributed by atoms with Crippen LogP contribution in [0.3, 0.4) is 0 Å². The molecule has 17 heavy (non-hydrogen) atoms. The van der Waals surface area contributed by atoms with Crippen molar-refractivity contribution < 1.29 is 0 Å². The van der Waals surface area contributed by atoms with Gasteiger partial charge in [0, 0.05) is 0 Å². The summed E-state index contributed by atoms with van der Waals surface area (Å²) < 4.78 is 0.